The average molecular weight is 303 g/mol. The predicted octanol–water partition coefficient (Wildman–Crippen LogP) is 4.36. The number of alkyl halides is 3. The summed E-state index contributed by atoms with van der Waals surface area (Å²) in [4.78, 5) is 14.7. The number of pyridine rings is 1. The first-order chi connectivity index (χ1) is 9.32. The fraction of sp³-hybridized carbons (Fsp3) is 0.429. The van der Waals surface area contributed by atoms with E-state index in [-0.39, 0.29) is 11.7 Å². The van der Waals surface area contributed by atoms with E-state index in [9.17, 15) is 18.0 Å². The molecular weight excluding hydrogens is 287 g/mol. The number of rotatable bonds is 6. The van der Waals surface area contributed by atoms with E-state index in [1.807, 2.05) is 13.0 Å². The summed E-state index contributed by atoms with van der Waals surface area (Å²) in [7, 11) is 0. The third-order valence-electron chi connectivity index (χ3n) is 2.64. The van der Waals surface area contributed by atoms with Gasteiger partial charge in [0, 0.05) is 11.9 Å². The van der Waals surface area contributed by atoms with Crippen LogP contribution in [0.5, 0.6) is 0 Å². The van der Waals surface area contributed by atoms with Crippen LogP contribution in [0.4, 0.5) is 13.2 Å². The van der Waals surface area contributed by atoms with Crippen molar-refractivity contribution in [2.75, 3.05) is 5.75 Å². The van der Waals surface area contributed by atoms with Crippen LogP contribution >= 0.6 is 11.8 Å². The number of carbonyl (C=O) groups excluding carboxylic acids is 1. The van der Waals surface area contributed by atoms with E-state index >= 15 is 0 Å². The van der Waals surface area contributed by atoms with Gasteiger partial charge in [0.2, 0.25) is 0 Å². The number of halogens is 3. The zero-order chi connectivity index (χ0) is 15.2. The average Bonchev–Trinajstić information content (AvgIpc) is 2.38. The Labute approximate surface area is 120 Å². The second-order valence-corrected chi connectivity index (χ2v) is 5.37. The van der Waals surface area contributed by atoms with Crippen molar-refractivity contribution >= 4 is 17.5 Å². The number of nitrogens with zero attached hydrogens (tertiary/aromatic N) is 1. The van der Waals surface area contributed by atoms with Crippen LogP contribution in [-0.4, -0.2) is 16.5 Å². The highest BCUT2D eigenvalue weighted by atomic mass is 32.2. The molecule has 1 aromatic rings. The van der Waals surface area contributed by atoms with Crippen molar-refractivity contribution in [1.82, 2.24) is 4.98 Å². The summed E-state index contributed by atoms with van der Waals surface area (Å²) in [5, 5.41) is 0.549. The van der Waals surface area contributed by atoms with E-state index in [1.54, 1.807) is 0 Å². The molecule has 0 amide bonds. The van der Waals surface area contributed by atoms with Crippen LogP contribution in [0.3, 0.4) is 0 Å². The van der Waals surface area contributed by atoms with Crippen LogP contribution < -0.4 is 0 Å². The Morgan fingerprint density at radius 1 is 1.45 bits per heavy atom. The van der Waals surface area contributed by atoms with Gasteiger partial charge in [-0.3, -0.25) is 4.79 Å². The van der Waals surface area contributed by atoms with Crippen LogP contribution in [0.1, 0.15) is 25.8 Å². The summed E-state index contributed by atoms with van der Waals surface area (Å²) in [5.41, 5.74) is -0.745. The Kier molecular flexibility index (Phi) is 6.26. The van der Waals surface area contributed by atoms with Gasteiger partial charge in [0.25, 0.3) is 0 Å². The quantitative estimate of drug-likeness (QED) is 0.577. The summed E-state index contributed by atoms with van der Waals surface area (Å²) in [6, 6.07) is 2.40. The van der Waals surface area contributed by atoms with E-state index in [2.05, 4.69) is 4.98 Å². The zero-order valence-corrected chi connectivity index (χ0v) is 12.1. The fourth-order valence-electron chi connectivity index (χ4n) is 1.41. The van der Waals surface area contributed by atoms with Gasteiger partial charge in [-0.2, -0.15) is 13.2 Å². The Morgan fingerprint density at radius 2 is 2.15 bits per heavy atom. The molecule has 0 saturated heterocycles. The maximum Gasteiger partial charge on any atom is 0.417 e. The van der Waals surface area contributed by atoms with Gasteiger partial charge in [-0.15, -0.1) is 11.8 Å². The van der Waals surface area contributed by atoms with Crippen molar-refractivity contribution < 1.29 is 18.0 Å². The lowest BCUT2D eigenvalue weighted by Gasteiger charge is -2.10. The third-order valence-corrected chi connectivity index (χ3v) is 3.77. The SMILES string of the molecule is CCC(/C=C/C(C)=O)CSc1ccc(C(F)(F)F)cn1. The molecule has 0 aliphatic rings. The number of hydrogen-bond acceptors (Lipinski definition) is 3. The second kappa shape index (κ2) is 7.47. The first kappa shape index (κ1) is 16.8. The Bertz CT molecular complexity index is 468. The van der Waals surface area contributed by atoms with Crippen LogP contribution in [0.2, 0.25) is 0 Å². The molecule has 0 saturated carbocycles. The van der Waals surface area contributed by atoms with Crippen LogP contribution in [0.25, 0.3) is 0 Å². The molecule has 2 nitrogen and oxygen atoms in total. The minimum Gasteiger partial charge on any atom is -0.295 e. The first-order valence-electron chi connectivity index (χ1n) is 6.17. The summed E-state index contributed by atoms with van der Waals surface area (Å²) < 4.78 is 37.1. The van der Waals surface area contributed by atoms with Gasteiger partial charge in [-0.05, 0) is 37.5 Å². The van der Waals surface area contributed by atoms with Gasteiger partial charge in [-0.25, -0.2) is 4.98 Å². The van der Waals surface area contributed by atoms with Gasteiger partial charge in [0.1, 0.15) is 0 Å². The van der Waals surface area contributed by atoms with E-state index < -0.39 is 11.7 Å². The lowest BCUT2D eigenvalue weighted by Crippen LogP contribution is -2.05. The molecule has 1 aromatic heterocycles. The van der Waals surface area contributed by atoms with Crippen LogP contribution in [-0.2, 0) is 11.0 Å². The number of carbonyl (C=O) groups is 1. The minimum atomic E-state index is -4.35. The molecule has 0 fully saturated rings. The number of ketones is 1. The molecule has 0 aliphatic carbocycles. The maximum absolute atomic E-state index is 12.4. The normalized spacial score (nSPS) is 13.7. The van der Waals surface area contributed by atoms with Gasteiger partial charge in [0.05, 0.1) is 10.6 Å². The molecule has 1 unspecified atom stereocenters. The van der Waals surface area contributed by atoms with Crippen molar-refractivity contribution in [2.24, 2.45) is 5.92 Å². The fourth-order valence-corrected chi connectivity index (χ4v) is 2.43. The van der Waals surface area contributed by atoms with E-state index in [4.69, 9.17) is 0 Å². The molecule has 0 spiro atoms. The van der Waals surface area contributed by atoms with Gasteiger partial charge < -0.3 is 0 Å². The lowest BCUT2D eigenvalue weighted by molar-refractivity contribution is -0.137. The summed E-state index contributed by atoms with van der Waals surface area (Å²) in [5.74, 6) is 0.868. The Morgan fingerprint density at radius 3 is 2.60 bits per heavy atom. The topological polar surface area (TPSA) is 30.0 Å². The number of hydrogen-bond donors (Lipinski definition) is 0. The van der Waals surface area contributed by atoms with Crippen molar-refractivity contribution in [1.29, 1.82) is 0 Å². The smallest absolute Gasteiger partial charge is 0.295 e. The molecule has 0 aliphatic heterocycles. The van der Waals surface area contributed by atoms with E-state index in [1.165, 1.54) is 30.8 Å². The van der Waals surface area contributed by atoms with Gasteiger partial charge in [-0.1, -0.05) is 13.0 Å². The van der Waals surface area contributed by atoms with E-state index in [0.29, 0.717) is 10.8 Å². The summed E-state index contributed by atoms with van der Waals surface area (Å²) >= 11 is 1.38. The number of aromatic nitrogens is 1. The predicted molar refractivity (Wildman–Crippen MR) is 73.6 cm³/mol. The molecule has 0 N–H and O–H groups in total. The third kappa shape index (κ3) is 5.77. The Balaban J connectivity index is 2.58. The van der Waals surface area contributed by atoms with Crippen molar-refractivity contribution in [3.63, 3.8) is 0 Å². The minimum absolute atomic E-state index is 0.0129. The molecular formula is C14H16F3NOS. The largest absolute Gasteiger partial charge is 0.417 e. The molecule has 20 heavy (non-hydrogen) atoms. The van der Waals surface area contributed by atoms with Crippen molar-refractivity contribution in [3.05, 3.63) is 36.0 Å². The van der Waals surface area contributed by atoms with Crippen LogP contribution in [0, 0.1) is 5.92 Å². The lowest BCUT2D eigenvalue weighted by atomic mass is 10.1. The molecule has 0 aromatic carbocycles. The Hall–Kier alpha value is -1.30. The highest BCUT2D eigenvalue weighted by molar-refractivity contribution is 7.99. The molecule has 110 valence electrons. The second-order valence-electron chi connectivity index (χ2n) is 4.33. The van der Waals surface area contributed by atoms with Crippen LogP contribution in [0.15, 0.2) is 35.5 Å². The summed E-state index contributed by atoms with van der Waals surface area (Å²) in [6.45, 7) is 3.48. The first-order valence-corrected chi connectivity index (χ1v) is 7.16. The molecule has 1 heterocycles. The van der Waals surface area contributed by atoms with Gasteiger partial charge >= 0.3 is 6.18 Å². The molecule has 0 radical (unpaired) electrons. The molecule has 1 atom stereocenters. The highest BCUT2D eigenvalue weighted by Crippen LogP contribution is 2.30. The zero-order valence-electron chi connectivity index (χ0n) is 11.3. The molecule has 6 heteroatoms. The van der Waals surface area contributed by atoms with E-state index in [0.717, 1.165) is 18.7 Å². The number of thioether (sulfide) groups is 1. The molecule has 0 bridgehead atoms. The van der Waals surface area contributed by atoms with Gasteiger partial charge in [0.15, 0.2) is 5.78 Å². The maximum atomic E-state index is 12.4. The van der Waals surface area contributed by atoms with Crippen molar-refractivity contribution in [2.45, 2.75) is 31.5 Å². The monoisotopic (exact) mass is 303 g/mol. The number of allylic oxidation sites excluding steroid dienone is 2. The molecule has 1 rings (SSSR count). The summed E-state index contributed by atoms with van der Waals surface area (Å²) in [6.07, 6.45) is 0.701. The highest BCUT2D eigenvalue weighted by Gasteiger charge is 2.30. The standard InChI is InChI=1S/C14H16F3NOS/c1-3-11(5-4-10(2)19)9-20-13-7-6-12(8-18-13)14(15,16)17/h4-8,11H,3,9H2,1-2H3/b5-4+. The van der Waals surface area contributed by atoms with Crippen molar-refractivity contribution in [3.8, 4) is 0 Å².